The van der Waals surface area contributed by atoms with Crippen LogP contribution in [-0.2, 0) is 0 Å². The minimum absolute atomic E-state index is 0.115. The zero-order valence-electron chi connectivity index (χ0n) is 27.6. The van der Waals surface area contributed by atoms with Crippen LogP contribution < -0.4 is 43.7 Å². The number of hydrogen-bond donors (Lipinski definition) is 0. The van der Waals surface area contributed by atoms with E-state index in [-0.39, 0.29) is 43.7 Å². The van der Waals surface area contributed by atoms with Gasteiger partial charge in [-0.25, -0.2) is 15.0 Å². The summed E-state index contributed by atoms with van der Waals surface area (Å²) in [6, 6.07) is 31.1. The quantitative estimate of drug-likeness (QED) is 0.258. The normalized spacial score (nSPS) is 11.7. The Morgan fingerprint density at radius 2 is 0.904 bits per heavy atom. The fourth-order valence-corrected chi connectivity index (χ4v) is 7.08. The van der Waals surface area contributed by atoms with Crippen molar-refractivity contribution in [2.75, 3.05) is 0 Å². The van der Waals surface area contributed by atoms with Gasteiger partial charge in [0.05, 0.1) is 5.69 Å². The third-order valence-corrected chi connectivity index (χ3v) is 9.64. The maximum Gasteiger partial charge on any atom is 0.164 e. The topological polar surface area (TPSA) is 56.7 Å². The van der Waals surface area contributed by atoms with E-state index < -0.39 is 0 Å². The highest BCUT2D eigenvalue weighted by molar-refractivity contribution is 6.71. The number of fused-ring (bicyclic) bond motifs is 6. The van der Waals surface area contributed by atoms with E-state index in [1.54, 1.807) is 0 Å². The number of aromatic nitrogens is 4. The van der Waals surface area contributed by atoms with Crippen molar-refractivity contribution >= 4 is 150 Å². The zero-order valence-corrected chi connectivity index (χ0v) is 27.6. The average Bonchev–Trinajstić information content (AvgIpc) is 3.75. The van der Waals surface area contributed by atoms with Gasteiger partial charge in [0.15, 0.2) is 23.1 Å². The maximum absolute atomic E-state index is 6.73. The summed E-state index contributed by atoms with van der Waals surface area (Å²) in [6.07, 6.45) is 0. The molecule has 9 rings (SSSR count). The van der Waals surface area contributed by atoms with Gasteiger partial charge in [0, 0.05) is 38.5 Å². The Bertz CT molecular complexity index is 2810. The predicted octanol–water partition coefficient (Wildman–Crippen LogP) is 0.220. The van der Waals surface area contributed by atoms with Crippen molar-refractivity contribution < 1.29 is 4.42 Å². The van der Waals surface area contributed by atoms with Crippen LogP contribution in [0.1, 0.15) is 0 Å². The molecule has 9 aromatic rings. The SMILES string of the molecule is [B]c1c([B])c([B])c2c(c1[B])c1c([B])c([B])c([B])c([B])c1n2-c1cccc2c1oc1cccc(-c3nc(-c4ccccc4)nc(-c4ccccc4)n3)c12. The Balaban J connectivity index is 1.38. The summed E-state index contributed by atoms with van der Waals surface area (Å²) in [5.41, 5.74) is 6.14. The van der Waals surface area contributed by atoms with E-state index in [1.807, 2.05) is 102 Å². The summed E-state index contributed by atoms with van der Waals surface area (Å²) in [7, 11) is 52.3. The Hall–Kier alpha value is -5.55. The van der Waals surface area contributed by atoms with Crippen molar-refractivity contribution in [3.63, 3.8) is 0 Å². The van der Waals surface area contributed by atoms with Gasteiger partial charge >= 0.3 is 0 Å². The van der Waals surface area contributed by atoms with Gasteiger partial charge < -0.3 is 8.98 Å². The summed E-state index contributed by atoms with van der Waals surface area (Å²) >= 11 is 0. The first-order valence-electron chi connectivity index (χ1n) is 16.3. The zero-order chi connectivity index (χ0) is 36.0. The maximum atomic E-state index is 6.73. The molecule has 0 saturated heterocycles. The lowest BCUT2D eigenvalue weighted by molar-refractivity contribution is 0.666. The Kier molecular flexibility index (Phi) is 7.48. The van der Waals surface area contributed by atoms with Gasteiger partial charge in [-0.2, -0.15) is 0 Å². The molecule has 0 aliphatic rings. The molecule has 5 nitrogen and oxygen atoms in total. The van der Waals surface area contributed by atoms with Crippen LogP contribution in [0.25, 0.3) is 83.6 Å². The Labute approximate surface area is 309 Å². The van der Waals surface area contributed by atoms with E-state index in [0.717, 1.165) is 27.5 Å². The molecule has 3 aromatic heterocycles. The molecule has 0 spiro atoms. The number of para-hydroxylation sites is 1. The highest BCUT2D eigenvalue weighted by Crippen LogP contribution is 2.40. The van der Waals surface area contributed by atoms with E-state index >= 15 is 0 Å². The van der Waals surface area contributed by atoms with Gasteiger partial charge in [-0.1, -0.05) is 107 Å². The summed E-state index contributed by atoms with van der Waals surface area (Å²) in [4.78, 5) is 14.8. The largest absolute Gasteiger partial charge is 0.454 e. The molecule has 6 aromatic carbocycles. The number of benzene rings is 6. The summed E-state index contributed by atoms with van der Waals surface area (Å²) in [5.74, 6) is 1.55. The molecule has 0 saturated carbocycles. The fourth-order valence-electron chi connectivity index (χ4n) is 7.08. The smallest absolute Gasteiger partial charge is 0.164 e. The van der Waals surface area contributed by atoms with Crippen molar-refractivity contribution in [2.45, 2.75) is 0 Å². The number of rotatable bonds is 4. The van der Waals surface area contributed by atoms with Crippen LogP contribution in [0.4, 0.5) is 0 Å². The van der Waals surface area contributed by atoms with Crippen molar-refractivity contribution in [2.24, 2.45) is 0 Å². The van der Waals surface area contributed by atoms with Crippen LogP contribution in [0.2, 0.25) is 0 Å². The number of hydrogen-bond acceptors (Lipinski definition) is 4. The van der Waals surface area contributed by atoms with Gasteiger partial charge in [-0.3, -0.25) is 0 Å². The second kappa shape index (κ2) is 12.0. The second-order valence-corrected chi connectivity index (χ2v) is 12.6. The molecule has 3 heterocycles. The Morgan fingerprint density at radius 1 is 0.423 bits per heavy atom. The minimum Gasteiger partial charge on any atom is -0.454 e. The van der Waals surface area contributed by atoms with E-state index in [0.29, 0.717) is 56.1 Å². The van der Waals surface area contributed by atoms with Crippen molar-refractivity contribution in [1.82, 2.24) is 19.5 Å². The lowest BCUT2D eigenvalue weighted by atomic mass is 9.63. The van der Waals surface area contributed by atoms with Gasteiger partial charge in [0.1, 0.15) is 68.4 Å². The minimum atomic E-state index is 0.115. The van der Waals surface area contributed by atoms with Crippen LogP contribution in [-0.4, -0.2) is 82.3 Å². The van der Waals surface area contributed by atoms with Crippen LogP contribution in [0, 0.1) is 0 Å². The fraction of sp³-hybridized carbons (Fsp3) is 0. The highest BCUT2D eigenvalue weighted by atomic mass is 16.3. The average molecular weight is 643 g/mol. The molecule has 0 unspecified atom stereocenters. The third-order valence-electron chi connectivity index (χ3n) is 9.64. The van der Waals surface area contributed by atoms with Crippen LogP contribution in [0.5, 0.6) is 0 Å². The summed E-state index contributed by atoms with van der Waals surface area (Å²) in [6.45, 7) is 0. The molecule has 0 N–H and O–H groups in total. The van der Waals surface area contributed by atoms with Gasteiger partial charge in [0.25, 0.3) is 0 Å². The monoisotopic (exact) mass is 644 g/mol. The van der Waals surface area contributed by atoms with Gasteiger partial charge in [-0.05, 0) is 22.9 Å². The molecule has 0 atom stereocenters. The first-order valence-corrected chi connectivity index (χ1v) is 16.3. The molecule has 222 valence electrons. The predicted molar refractivity (Wildman–Crippen MR) is 221 cm³/mol. The molecular weight excluding hydrogens is 627 g/mol. The molecular formula is C39H16B8N4O. The highest BCUT2D eigenvalue weighted by Gasteiger charge is 2.25. The molecule has 52 heavy (non-hydrogen) atoms. The summed E-state index contributed by atoms with van der Waals surface area (Å²) in [5, 5.41) is 2.44. The van der Waals surface area contributed by atoms with E-state index in [4.69, 9.17) is 82.1 Å². The van der Waals surface area contributed by atoms with Gasteiger partial charge in [0.2, 0.25) is 0 Å². The van der Waals surface area contributed by atoms with Crippen molar-refractivity contribution in [3.8, 4) is 39.9 Å². The molecule has 0 bridgehead atoms. The summed E-state index contributed by atoms with van der Waals surface area (Å²) < 4.78 is 8.50. The standard InChI is InChI=1S/C39H16B8N4O/c40-26-24-25-27(41)29(43)31(45)33(47)35(25)51(34(24)32(46)30(44)28(26)42)21-15-7-13-19-23-20(14-8-16-22(23)52-36(19)21)39-49-37(17-9-3-1-4-10-17)48-38(50-39)18-11-5-2-6-12-18/h1-16H. The number of nitrogens with zero attached hydrogens (tertiary/aromatic N) is 4. The lowest BCUT2D eigenvalue weighted by Crippen LogP contribution is -2.49. The number of furan rings is 1. The van der Waals surface area contributed by atoms with Crippen molar-refractivity contribution in [1.29, 1.82) is 0 Å². The van der Waals surface area contributed by atoms with E-state index in [9.17, 15) is 0 Å². The molecule has 13 heteroatoms. The Morgan fingerprint density at radius 3 is 1.44 bits per heavy atom. The molecule has 0 aliphatic heterocycles. The van der Waals surface area contributed by atoms with Gasteiger partial charge in [-0.15, -0.1) is 21.9 Å². The van der Waals surface area contributed by atoms with Crippen LogP contribution in [0.15, 0.2) is 101 Å². The lowest BCUT2D eigenvalue weighted by Gasteiger charge is -2.17. The molecule has 0 amide bonds. The van der Waals surface area contributed by atoms with Crippen molar-refractivity contribution in [3.05, 3.63) is 97.1 Å². The first-order chi connectivity index (χ1) is 25.2. The molecule has 0 fully saturated rings. The first kappa shape index (κ1) is 32.4. The second-order valence-electron chi connectivity index (χ2n) is 12.6. The van der Waals surface area contributed by atoms with E-state index in [1.165, 1.54) is 0 Å². The van der Waals surface area contributed by atoms with E-state index in [2.05, 4.69) is 0 Å². The van der Waals surface area contributed by atoms with Crippen LogP contribution >= 0.6 is 0 Å². The third kappa shape index (κ3) is 4.64. The molecule has 0 aliphatic carbocycles. The van der Waals surface area contributed by atoms with Crippen LogP contribution in [0.3, 0.4) is 0 Å². The molecule has 16 radical (unpaired) electrons.